The molecule has 0 N–H and O–H groups in total. The minimum absolute atomic E-state index is 0.0234. The van der Waals surface area contributed by atoms with Crippen LogP contribution >= 0.6 is 23.4 Å². The normalized spacial score (nSPS) is 14.4. The molecular weight excluding hydrogens is 323 g/mol. The van der Waals surface area contributed by atoms with Crippen LogP contribution in [0.2, 0.25) is 0 Å². The number of aliphatic imine (C=N–C) groups is 1. The van der Waals surface area contributed by atoms with E-state index in [0.29, 0.717) is 24.9 Å². The van der Waals surface area contributed by atoms with Crippen molar-refractivity contribution >= 4 is 45.3 Å². The first kappa shape index (κ1) is 15.4. The quantitative estimate of drug-likeness (QED) is 0.799. The third kappa shape index (κ3) is 2.32. The molecule has 0 amide bonds. The number of halogens is 2. The topological polar surface area (TPSA) is 42.5 Å². The fourth-order valence-electron chi connectivity index (χ4n) is 2.88. The number of nitrogens with zero attached hydrogens (tertiary/aromatic N) is 4. The summed E-state index contributed by atoms with van der Waals surface area (Å²) in [5, 5.41) is 0.438. The second-order valence-corrected chi connectivity index (χ2v) is 6.16. The van der Waals surface area contributed by atoms with Gasteiger partial charge in [-0.15, -0.1) is 0 Å². The predicted octanol–water partition coefficient (Wildman–Crippen LogP) is 3.54. The standard InChI is InChI=1S/C15H18Cl2N4O/c1-3-5-19-12-7-10-11(21(17)9-18-14(10)16)8-13(12)20(6-4-2)15(19)22/h7-8H,3-6,9H2,1-2H3. The van der Waals surface area contributed by atoms with Crippen LogP contribution in [0.1, 0.15) is 32.3 Å². The number of fused-ring (bicyclic) bond motifs is 2. The number of imidazole rings is 1. The lowest BCUT2D eigenvalue weighted by molar-refractivity contribution is 0.607. The lowest BCUT2D eigenvalue weighted by Crippen LogP contribution is -2.24. The molecular formula is C15H18Cl2N4O. The lowest BCUT2D eigenvalue weighted by atomic mass is 10.1. The highest BCUT2D eigenvalue weighted by molar-refractivity contribution is 6.70. The van der Waals surface area contributed by atoms with Crippen molar-refractivity contribution in [2.75, 3.05) is 11.1 Å². The zero-order valence-electron chi connectivity index (χ0n) is 12.6. The molecule has 1 aromatic heterocycles. The molecule has 3 rings (SSSR count). The summed E-state index contributed by atoms with van der Waals surface area (Å²) >= 11 is 12.4. The van der Waals surface area contributed by atoms with Crippen LogP contribution in [0.3, 0.4) is 0 Å². The molecule has 1 aliphatic rings. The van der Waals surface area contributed by atoms with Gasteiger partial charge in [0.05, 0.1) is 16.7 Å². The van der Waals surface area contributed by atoms with Gasteiger partial charge in [-0.2, -0.15) is 0 Å². The molecule has 2 aromatic rings. The lowest BCUT2D eigenvalue weighted by Gasteiger charge is -2.22. The zero-order valence-corrected chi connectivity index (χ0v) is 14.2. The molecule has 0 aliphatic carbocycles. The van der Waals surface area contributed by atoms with Crippen molar-refractivity contribution in [3.05, 3.63) is 28.2 Å². The summed E-state index contributed by atoms with van der Waals surface area (Å²) in [5.74, 6) is 0. The van der Waals surface area contributed by atoms with Gasteiger partial charge in [-0.3, -0.25) is 13.6 Å². The predicted molar refractivity (Wildman–Crippen MR) is 92.4 cm³/mol. The third-order valence-corrected chi connectivity index (χ3v) is 4.46. The van der Waals surface area contributed by atoms with E-state index in [0.717, 1.165) is 35.1 Å². The summed E-state index contributed by atoms with van der Waals surface area (Å²) < 4.78 is 5.15. The highest BCUT2D eigenvalue weighted by Crippen LogP contribution is 2.32. The summed E-state index contributed by atoms with van der Waals surface area (Å²) in [4.78, 5) is 16.8. The first-order valence-electron chi connectivity index (χ1n) is 7.49. The van der Waals surface area contributed by atoms with Crippen LogP contribution in [0.15, 0.2) is 21.9 Å². The van der Waals surface area contributed by atoms with Crippen molar-refractivity contribution in [2.24, 2.45) is 4.99 Å². The average Bonchev–Trinajstić information content (AvgIpc) is 2.76. The highest BCUT2D eigenvalue weighted by atomic mass is 35.5. The minimum Gasteiger partial charge on any atom is -0.292 e. The summed E-state index contributed by atoms with van der Waals surface area (Å²) in [6.07, 6.45) is 1.79. The van der Waals surface area contributed by atoms with E-state index in [4.69, 9.17) is 23.4 Å². The summed E-state index contributed by atoms with van der Waals surface area (Å²) in [5.41, 5.74) is 3.38. The van der Waals surface area contributed by atoms with Gasteiger partial charge in [-0.05, 0) is 25.0 Å². The number of hydrogen-bond acceptors (Lipinski definition) is 3. The van der Waals surface area contributed by atoms with Gasteiger partial charge in [-0.25, -0.2) is 9.79 Å². The van der Waals surface area contributed by atoms with Gasteiger partial charge in [0.15, 0.2) is 0 Å². The largest absolute Gasteiger partial charge is 0.329 e. The van der Waals surface area contributed by atoms with Crippen molar-refractivity contribution in [2.45, 2.75) is 39.8 Å². The molecule has 118 valence electrons. The Labute approximate surface area is 138 Å². The van der Waals surface area contributed by atoms with E-state index in [-0.39, 0.29) is 5.69 Å². The Morgan fingerprint density at radius 2 is 1.73 bits per heavy atom. The minimum atomic E-state index is 0.0234. The Morgan fingerprint density at radius 1 is 1.14 bits per heavy atom. The molecule has 0 saturated carbocycles. The molecule has 7 heteroatoms. The summed E-state index contributed by atoms with van der Waals surface area (Å²) in [6, 6.07) is 3.87. The Kier molecular flexibility index (Phi) is 4.19. The van der Waals surface area contributed by atoms with Crippen molar-refractivity contribution in [1.29, 1.82) is 0 Å². The van der Waals surface area contributed by atoms with Gasteiger partial charge >= 0.3 is 5.69 Å². The molecule has 5 nitrogen and oxygen atoms in total. The fourth-order valence-corrected chi connectivity index (χ4v) is 3.28. The SMILES string of the molecule is CCCn1c(=O)n(CCC)c2cc3c(cc21)C(Cl)=NCN3Cl. The molecule has 0 fully saturated rings. The first-order valence-corrected chi connectivity index (χ1v) is 8.20. The van der Waals surface area contributed by atoms with E-state index < -0.39 is 0 Å². The number of aromatic nitrogens is 2. The molecule has 0 atom stereocenters. The molecule has 0 radical (unpaired) electrons. The van der Waals surface area contributed by atoms with Gasteiger partial charge in [0.25, 0.3) is 0 Å². The van der Waals surface area contributed by atoms with Crippen LogP contribution in [-0.2, 0) is 13.1 Å². The van der Waals surface area contributed by atoms with Crippen LogP contribution < -0.4 is 10.1 Å². The van der Waals surface area contributed by atoms with Gasteiger partial charge in [0.1, 0.15) is 11.8 Å². The highest BCUT2D eigenvalue weighted by Gasteiger charge is 2.22. The summed E-state index contributed by atoms with van der Waals surface area (Å²) in [7, 11) is 0. The average molecular weight is 341 g/mol. The van der Waals surface area contributed by atoms with E-state index in [1.807, 2.05) is 21.3 Å². The van der Waals surface area contributed by atoms with Gasteiger partial charge in [0, 0.05) is 30.4 Å². The van der Waals surface area contributed by atoms with E-state index in [2.05, 4.69) is 18.8 Å². The molecule has 1 aromatic carbocycles. The van der Waals surface area contributed by atoms with Gasteiger partial charge in [0.2, 0.25) is 0 Å². The van der Waals surface area contributed by atoms with Crippen molar-refractivity contribution in [3.8, 4) is 0 Å². The molecule has 0 spiro atoms. The monoisotopic (exact) mass is 340 g/mol. The van der Waals surface area contributed by atoms with Crippen molar-refractivity contribution in [3.63, 3.8) is 0 Å². The number of anilines is 1. The van der Waals surface area contributed by atoms with Crippen LogP contribution in [0.5, 0.6) is 0 Å². The molecule has 2 heterocycles. The van der Waals surface area contributed by atoms with Crippen LogP contribution in [0, 0.1) is 0 Å². The maximum atomic E-state index is 12.7. The summed E-state index contributed by atoms with van der Waals surface area (Å²) in [6.45, 7) is 5.81. The number of hydrogen-bond donors (Lipinski definition) is 0. The first-order chi connectivity index (χ1) is 10.6. The Morgan fingerprint density at radius 3 is 2.32 bits per heavy atom. The number of benzene rings is 1. The van der Waals surface area contributed by atoms with E-state index in [1.54, 1.807) is 0 Å². The molecule has 0 unspecified atom stereocenters. The van der Waals surface area contributed by atoms with Gasteiger partial charge in [-0.1, -0.05) is 25.4 Å². The van der Waals surface area contributed by atoms with Crippen molar-refractivity contribution in [1.82, 2.24) is 9.13 Å². The maximum absolute atomic E-state index is 12.7. The fraction of sp³-hybridized carbons (Fsp3) is 0.467. The van der Waals surface area contributed by atoms with E-state index in [9.17, 15) is 4.79 Å². The maximum Gasteiger partial charge on any atom is 0.329 e. The van der Waals surface area contributed by atoms with E-state index >= 15 is 0 Å². The Balaban J connectivity index is 2.34. The smallest absolute Gasteiger partial charge is 0.292 e. The third-order valence-electron chi connectivity index (χ3n) is 3.85. The van der Waals surface area contributed by atoms with Crippen LogP contribution in [-0.4, -0.2) is 21.0 Å². The number of rotatable bonds is 4. The van der Waals surface area contributed by atoms with Crippen LogP contribution in [0.25, 0.3) is 11.0 Å². The molecule has 22 heavy (non-hydrogen) atoms. The molecule has 0 bridgehead atoms. The van der Waals surface area contributed by atoms with E-state index in [1.165, 1.54) is 4.42 Å². The van der Waals surface area contributed by atoms with Crippen LogP contribution in [0.4, 0.5) is 5.69 Å². The second kappa shape index (κ2) is 5.97. The molecule has 0 saturated heterocycles. The van der Waals surface area contributed by atoms with Crippen molar-refractivity contribution < 1.29 is 0 Å². The van der Waals surface area contributed by atoms with Gasteiger partial charge < -0.3 is 0 Å². The molecule has 1 aliphatic heterocycles. The second-order valence-electron chi connectivity index (χ2n) is 5.40. The zero-order chi connectivity index (χ0) is 15.9. The Bertz CT molecular complexity index is 806. The Hall–Kier alpha value is -1.46. The number of aryl methyl sites for hydroxylation is 2.